The predicted molar refractivity (Wildman–Crippen MR) is 89.3 cm³/mol. The van der Waals surface area contributed by atoms with Crippen LogP contribution in [0.25, 0.3) is 0 Å². The van der Waals surface area contributed by atoms with Crippen molar-refractivity contribution in [2.45, 2.75) is 69.0 Å². The summed E-state index contributed by atoms with van der Waals surface area (Å²) in [6.07, 6.45) is 9.64. The zero-order chi connectivity index (χ0) is 15.1. The Morgan fingerprint density at radius 3 is 2.52 bits per heavy atom. The van der Waals surface area contributed by atoms with E-state index >= 15 is 0 Å². The summed E-state index contributed by atoms with van der Waals surface area (Å²) in [6, 6.07) is 8.50. The van der Waals surface area contributed by atoms with Crippen molar-refractivity contribution in [3.8, 4) is 5.75 Å². The average molecular weight is 306 g/mol. The number of benzene rings is 1. The van der Waals surface area contributed by atoms with E-state index in [0.29, 0.717) is 6.04 Å². The Kier molecular flexibility index (Phi) is 6.09. The molecule has 0 aliphatic heterocycles. The predicted octanol–water partition coefficient (Wildman–Crippen LogP) is 5.70. The molecule has 0 saturated heterocycles. The van der Waals surface area contributed by atoms with Crippen molar-refractivity contribution in [2.24, 2.45) is 10.2 Å². The van der Waals surface area contributed by atoms with Crippen molar-refractivity contribution in [1.29, 1.82) is 0 Å². The molecule has 0 spiro atoms. The van der Waals surface area contributed by atoms with Gasteiger partial charge in [-0.2, -0.15) is 5.11 Å². The average Bonchev–Trinajstić information content (AvgIpc) is 2.74. The molecule has 4 heteroatoms. The van der Waals surface area contributed by atoms with Gasteiger partial charge in [-0.15, -0.1) is 16.9 Å². The molecule has 1 aliphatic rings. The van der Waals surface area contributed by atoms with Crippen molar-refractivity contribution in [3.63, 3.8) is 0 Å². The number of ether oxygens (including phenoxy) is 1. The second kappa shape index (κ2) is 7.83. The second-order valence-corrected chi connectivity index (χ2v) is 6.97. The fraction of sp³-hybridized carbons (Fsp3) is 0.647. The zero-order valence-corrected chi connectivity index (χ0v) is 14.2. The van der Waals surface area contributed by atoms with Crippen LogP contribution in [0.2, 0.25) is 0 Å². The third-order valence-electron chi connectivity index (χ3n) is 3.70. The molecule has 0 unspecified atom stereocenters. The quantitative estimate of drug-likeness (QED) is 0.397. The van der Waals surface area contributed by atoms with Crippen molar-refractivity contribution < 1.29 is 4.74 Å². The molecule has 1 aromatic carbocycles. The van der Waals surface area contributed by atoms with Crippen LogP contribution in [0.3, 0.4) is 0 Å². The van der Waals surface area contributed by atoms with Crippen LogP contribution in [0.4, 0.5) is 0 Å². The third-order valence-corrected chi connectivity index (χ3v) is 4.42. The number of hydrogen-bond donors (Lipinski definition) is 0. The van der Waals surface area contributed by atoms with Crippen LogP contribution in [0, 0.1) is 0 Å². The maximum absolute atomic E-state index is 5.99. The Labute approximate surface area is 132 Å². The van der Waals surface area contributed by atoms with E-state index in [4.69, 9.17) is 4.74 Å². The molecular formula is C17H26N2OS. The maximum Gasteiger partial charge on any atom is 0.213 e. The Bertz CT molecular complexity index is 466. The molecule has 0 aromatic heterocycles. The topological polar surface area (TPSA) is 34.0 Å². The molecule has 1 aliphatic carbocycles. The van der Waals surface area contributed by atoms with E-state index in [-0.39, 0.29) is 0 Å². The van der Waals surface area contributed by atoms with E-state index < -0.39 is 5.72 Å². The highest BCUT2D eigenvalue weighted by Gasteiger charge is 2.20. The van der Waals surface area contributed by atoms with E-state index in [0.717, 1.165) is 5.75 Å². The first-order valence-electron chi connectivity index (χ1n) is 7.84. The first-order valence-corrected chi connectivity index (χ1v) is 9.07. The number of rotatable bonds is 5. The molecule has 0 N–H and O–H groups in total. The lowest BCUT2D eigenvalue weighted by Gasteiger charge is -2.22. The second-order valence-electron chi connectivity index (χ2n) is 6.09. The highest BCUT2D eigenvalue weighted by molar-refractivity contribution is 7.98. The lowest BCUT2D eigenvalue weighted by Crippen LogP contribution is -2.25. The molecule has 2 rings (SSSR count). The van der Waals surface area contributed by atoms with Gasteiger partial charge in [0.25, 0.3) is 0 Å². The SMILES string of the molecule is CSc1cccc(OC(C)(C)/N=N/C2CCCCCC2)c1. The summed E-state index contributed by atoms with van der Waals surface area (Å²) in [5.74, 6) is 0.853. The fourth-order valence-electron chi connectivity index (χ4n) is 2.57. The molecule has 3 nitrogen and oxygen atoms in total. The molecular weight excluding hydrogens is 280 g/mol. The minimum atomic E-state index is -0.608. The van der Waals surface area contributed by atoms with Gasteiger partial charge in [0.1, 0.15) is 5.75 Å². The summed E-state index contributed by atoms with van der Waals surface area (Å²) in [4.78, 5) is 1.20. The van der Waals surface area contributed by atoms with Gasteiger partial charge in [0.2, 0.25) is 5.72 Å². The van der Waals surface area contributed by atoms with Crippen LogP contribution in [-0.4, -0.2) is 18.0 Å². The summed E-state index contributed by atoms with van der Waals surface area (Å²) in [5, 5.41) is 9.02. The van der Waals surface area contributed by atoms with Gasteiger partial charge in [-0.3, -0.25) is 0 Å². The van der Waals surface area contributed by atoms with Gasteiger partial charge in [0.05, 0.1) is 6.04 Å². The highest BCUT2D eigenvalue weighted by Crippen LogP contribution is 2.26. The van der Waals surface area contributed by atoms with Crippen LogP contribution in [0.15, 0.2) is 39.4 Å². The standard InChI is InChI=1S/C17H26N2OS/c1-17(2,19-18-14-9-6-4-5-7-10-14)20-15-11-8-12-16(13-15)21-3/h8,11-14H,4-7,9-10H2,1-3H3/b19-18+. The van der Waals surface area contributed by atoms with E-state index in [9.17, 15) is 0 Å². The molecule has 1 saturated carbocycles. The first-order chi connectivity index (χ1) is 10.1. The maximum atomic E-state index is 5.99. The lowest BCUT2D eigenvalue weighted by molar-refractivity contribution is 0.108. The Morgan fingerprint density at radius 1 is 1.14 bits per heavy atom. The Hall–Kier alpha value is -1.03. The smallest absolute Gasteiger partial charge is 0.213 e. The van der Waals surface area contributed by atoms with Crippen LogP contribution in [-0.2, 0) is 0 Å². The Balaban J connectivity index is 1.96. The lowest BCUT2D eigenvalue weighted by atomic mass is 10.1. The highest BCUT2D eigenvalue weighted by atomic mass is 32.2. The molecule has 0 bridgehead atoms. The third kappa shape index (κ3) is 5.70. The monoisotopic (exact) mass is 306 g/mol. The van der Waals surface area contributed by atoms with Gasteiger partial charge in [-0.1, -0.05) is 31.7 Å². The van der Waals surface area contributed by atoms with Gasteiger partial charge in [0, 0.05) is 4.90 Å². The number of nitrogens with zero attached hydrogens (tertiary/aromatic N) is 2. The van der Waals surface area contributed by atoms with Gasteiger partial charge in [0.15, 0.2) is 0 Å². The zero-order valence-electron chi connectivity index (χ0n) is 13.3. The van der Waals surface area contributed by atoms with Crippen molar-refractivity contribution in [1.82, 2.24) is 0 Å². The van der Waals surface area contributed by atoms with Crippen molar-refractivity contribution in [3.05, 3.63) is 24.3 Å². The molecule has 21 heavy (non-hydrogen) atoms. The molecule has 0 amide bonds. The normalized spacial score (nSPS) is 17.9. The molecule has 0 heterocycles. The van der Waals surface area contributed by atoms with Crippen molar-refractivity contribution in [2.75, 3.05) is 6.26 Å². The molecule has 1 fully saturated rings. The van der Waals surface area contributed by atoms with Crippen LogP contribution < -0.4 is 4.74 Å². The number of thioether (sulfide) groups is 1. The van der Waals surface area contributed by atoms with Gasteiger partial charge in [-0.25, -0.2) is 0 Å². The molecule has 116 valence electrons. The van der Waals surface area contributed by atoms with Crippen LogP contribution in [0.1, 0.15) is 52.4 Å². The van der Waals surface area contributed by atoms with Crippen LogP contribution in [0.5, 0.6) is 5.75 Å². The summed E-state index contributed by atoms with van der Waals surface area (Å²) in [6.45, 7) is 3.94. The number of azo groups is 1. The Morgan fingerprint density at radius 2 is 1.86 bits per heavy atom. The van der Waals surface area contributed by atoms with Gasteiger partial charge >= 0.3 is 0 Å². The largest absolute Gasteiger partial charge is 0.465 e. The van der Waals surface area contributed by atoms with E-state index in [1.807, 2.05) is 32.0 Å². The summed E-state index contributed by atoms with van der Waals surface area (Å²) in [5.41, 5.74) is -0.608. The van der Waals surface area contributed by atoms with E-state index in [2.05, 4.69) is 22.6 Å². The minimum absolute atomic E-state index is 0.382. The summed E-state index contributed by atoms with van der Waals surface area (Å²) < 4.78 is 5.99. The van der Waals surface area contributed by atoms with Crippen LogP contribution >= 0.6 is 11.8 Å². The fourth-order valence-corrected chi connectivity index (χ4v) is 3.02. The molecule has 0 radical (unpaired) electrons. The minimum Gasteiger partial charge on any atom is -0.465 e. The molecule has 0 atom stereocenters. The van der Waals surface area contributed by atoms with Gasteiger partial charge < -0.3 is 4.74 Å². The van der Waals surface area contributed by atoms with E-state index in [1.54, 1.807) is 11.8 Å². The molecule has 1 aromatic rings. The summed E-state index contributed by atoms with van der Waals surface area (Å²) >= 11 is 1.71. The van der Waals surface area contributed by atoms with Gasteiger partial charge in [-0.05, 0) is 51.1 Å². The first kappa shape index (κ1) is 16.3. The van der Waals surface area contributed by atoms with Crippen molar-refractivity contribution >= 4 is 11.8 Å². The van der Waals surface area contributed by atoms with E-state index in [1.165, 1.54) is 43.4 Å². The summed E-state index contributed by atoms with van der Waals surface area (Å²) in [7, 11) is 0. The number of hydrogen-bond acceptors (Lipinski definition) is 4.